The van der Waals surface area contributed by atoms with Gasteiger partial charge in [-0.25, -0.2) is 4.79 Å². The molecule has 5 nitrogen and oxygen atoms in total. The lowest BCUT2D eigenvalue weighted by atomic mass is 9.78. The molecule has 0 saturated heterocycles. The number of carbonyl (C=O) groups is 1. The molecule has 0 atom stereocenters. The number of rotatable bonds is 12. The normalized spacial score (nSPS) is 11.4. The van der Waals surface area contributed by atoms with Gasteiger partial charge in [-0.1, -0.05) is 137 Å². The van der Waals surface area contributed by atoms with Gasteiger partial charge in [-0.3, -0.25) is 0 Å². The first-order chi connectivity index (χ1) is 24.2. The Morgan fingerprint density at radius 2 is 0.680 bits per heavy atom. The van der Waals surface area contributed by atoms with Crippen LogP contribution in [0.3, 0.4) is 0 Å². The lowest BCUT2D eigenvalue weighted by Gasteiger charge is -2.26. The van der Waals surface area contributed by atoms with Crippen LogP contribution in [-0.4, -0.2) is 6.16 Å². The smallest absolute Gasteiger partial charge is 0.489 e. The maximum atomic E-state index is 12.7. The highest BCUT2D eigenvalue weighted by molar-refractivity contribution is 5.67. The molecular weight excluding hydrogens is 620 g/mol. The molecule has 6 rings (SSSR count). The van der Waals surface area contributed by atoms with E-state index in [1.165, 1.54) is 0 Å². The second kappa shape index (κ2) is 15.2. The Kier molecular flexibility index (Phi) is 10.3. The zero-order chi connectivity index (χ0) is 35.0. The molecular formula is C45H42O5. The van der Waals surface area contributed by atoms with Gasteiger partial charge in [-0.2, -0.15) is 0 Å². The Labute approximate surface area is 295 Å². The van der Waals surface area contributed by atoms with Crippen molar-refractivity contribution in [2.75, 3.05) is 0 Å². The van der Waals surface area contributed by atoms with Crippen molar-refractivity contribution in [3.63, 3.8) is 0 Å². The molecule has 0 bridgehead atoms. The van der Waals surface area contributed by atoms with Crippen LogP contribution < -0.4 is 18.9 Å². The number of carbonyl (C=O) groups excluding carboxylic acids is 1. The predicted octanol–water partition coefficient (Wildman–Crippen LogP) is 11.1. The van der Waals surface area contributed by atoms with E-state index in [1.54, 1.807) is 24.3 Å². The van der Waals surface area contributed by atoms with E-state index >= 15 is 0 Å². The molecule has 6 aromatic rings. The fourth-order valence-electron chi connectivity index (χ4n) is 5.84. The first-order valence-electron chi connectivity index (χ1n) is 16.8. The van der Waals surface area contributed by atoms with E-state index in [1.807, 2.05) is 84.9 Å². The van der Waals surface area contributed by atoms with E-state index in [2.05, 4.69) is 76.2 Å². The van der Waals surface area contributed by atoms with Gasteiger partial charge < -0.3 is 18.9 Å². The summed E-state index contributed by atoms with van der Waals surface area (Å²) in [6.07, 6.45) is -0.791. The Bertz CT molecular complexity index is 1820. The van der Waals surface area contributed by atoms with E-state index in [-0.39, 0.29) is 10.8 Å². The molecule has 0 N–H and O–H groups in total. The van der Waals surface area contributed by atoms with Crippen molar-refractivity contribution >= 4 is 6.16 Å². The van der Waals surface area contributed by atoms with Crippen LogP contribution in [0.2, 0.25) is 0 Å². The van der Waals surface area contributed by atoms with E-state index in [0.29, 0.717) is 24.7 Å². The van der Waals surface area contributed by atoms with Crippen LogP contribution in [0.1, 0.15) is 61.1 Å². The summed E-state index contributed by atoms with van der Waals surface area (Å²) < 4.78 is 22.9. The summed E-state index contributed by atoms with van der Waals surface area (Å²) in [5.41, 5.74) is 6.18. The van der Waals surface area contributed by atoms with Gasteiger partial charge in [0.1, 0.15) is 36.2 Å². The second-order valence-electron chi connectivity index (χ2n) is 13.4. The van der Waals surface area contributed by atoms with Gasteiger partial charge in [0.25, 0.3) is 0 Å². The average Bonchev–Trinajstić information content (AvgIpc) is 3.15. The van der Waals surface area contributed by atoms with Crippen molar-refractivity contribution in [1.29, 1.82) is 0 Å². The van der Waals surface area contributed by atoms with Crippen LogP contribution in [0.15, 0.2) is 158 Å². The standard InChI is InChI=1S/C45H42O5/c1-44(2,35-15-23-39(24-16-35)47-31-33-11-7-5-8-12-33)37-19-27-41(28-20-37)49-43(46)50-42-29-21-38(22-30-42)45(3,4)36-17-25-40(26-18-36)48-32-34-13-9-6-10-14-34/h5-30H,31-32H2,1-4H3. The van der Waals surface area contributed by atoms with E-state index in [0.717, 1.165) is 44.9 Å². The third kappa shape index (κ3) is 8.42. The highest BCUT2D eigenvalue weighted by atomic mass is 16.7. The van der Waals surface area contributed by atoms with Gasteiger partial charge in [-0.05, 0) is 81.9 Å². The van der Waals surface area contributed by atoms with Gasteiger partial charge in [-0.15, -0.1) is 0 Å². The zero-order valence-electron chi connectivity index (χ0n) is 29.0. The maximum Gasteiger partial charge on any atom is 0.519 e. The Hall–Kier alpha value is -5.81. The minimum atomic E-state index is -0.791. The van der Waals surface area contributed by atoms with Crippen molar-refractivity contribution in [3.05, 3.63) is 191 Å². The summed E-state index contributed by atoms with van der Waals surface area (Å²) in [7, 11) is 0. The molecule has 0 aliphatic heterocycles. The minimum Gasteiger partial charge on any atom is -0.489 e. The molecule has 6 aromatic carbocycles. The number of hydrogen-bond acceptors (Lipinski definition) is 5. The molecule has 0 heterocycles. The fourth-order valence-corrected chi connectivity index (χ4v) is 5.84. The third-order valence-electron chi connectivity index (χ3n) is 9.20. The Morgan fingerprint density at radius 1 is 0.400 bits per heavy atom. The van der Waals surface area contributed by atoms with Crippen LogP contribution in [0.25, 0.3) is 0 Å². The molecule has 0 amide bonds. The maximum absolute atomic E-state index is 12.7. The number of ether oxygens (including phenoxy) is 4. The summed E-state index contributed by atoms with van der Waals surface area (Å²) in [6.45, 7) is 9.71. The monoisotopic (exact) mass is 662 g/mol. The molecule has 0 aliphatic rings. The molecule has 0 radical (unpaired) electrons. The molecule has 0 saturated carbocycles. The average molecular weight is 663 g/mol. The molecule has 50 heavy (non-hydrogen) atoms. The quantitative estimate of drug-likeness (QED) is 0.0964. The summed E-state index contributed by atoms with van der Waals surface area (Å²) >= 11 is 0. The topological polar surface area (TPSA) is 54.0 Å². The van der Waals surface area contributed by atoms with Crippen molar-refractivity contribution in [2.24, 2.45) is 0 Å². The highest BCUT2D eigenvalue weighted by Gasteiger charge is 2.25. The molecule has 252 valence electrons. The van der Waals surface area contributed by atoms with Gasteiger partial charge >= 0.3 is 6.16 Å². The van der Waals surface area contributed by atoms with E-state index in [9.17, 15) is 4.79 Å². The number of benzene rings is 6. The lowest BCUT2D eigenvalue weighted by molar-refractivity contribution is 0.152. The van der Waals surface area contributed by atoms with Gasteiger partial charge in [0.05, 0.1) is 0 Å². The van der Waals surface area contributed by atoms with Crippen molar-refractivity contribution in [2.45, 2.75) is 51.7 Å². The van der Waals surface area contributed by atoms with Crippen LogP contribution in [-0.2, 0) is 24.0 Å². The van der Waals surface area contributed by atoms with Crippen LogP contribution in [0, 0.1) is 0 Å². The Morgan fingerprint density at radius 3 is 0.980 bits per heavy atom. The molecule has 0 unspecified atom stereocenters. The predicted molar refractivity (Wildman–Crippen MR) is 198 cm³/mol. The molecule has 0 fully saturated rings. The third-order valence-corrected chi connectivity index (χ3v) is 9.20. The molecule has 0 aliphatic carbocycles. The second-order valence-corrected chi connectivity index (χ2v) is 13.4. The fraction of sp³-hybridized carbons (Fsp3) is 0.178. The van der Waals surface area contributed by atoms with Gasteiger partial charge in [0.2, 0.25) is 0 Å². The van der Waals surface area contributed by atoms with E-state index < -0.39 is 6.16 Å². The molecule has 0 aromatic heterocycles. The Balaban J connectivity index is 1.01. The lowest BCUT2D eigenvalue weighted by Crippen LogP contribution is -2.19. The summed E-state index contributed by atoms with van der Waals surface area (Å²) in [5, 5.41) is 0. The zero-order valence-corrected chi connectivity index (χ0v) is 29.0. The molecule has 5 heteroatoms. The summed E-state index contributed by atoms with van der Waals surface area (Å²) in [5.74, 6) is 2.47. The van der Waals surface area contributed by atoms with Crippen molar-refractivity contribution in [1.82, 2.24) is 0 Å². The first-order valence-corrected chi connectivity index (χ1v) is 16.8. The van der Waals surface area contributed by atoms with Gasteiger partial charge in [0.15, 0.2) is 0 Å². The van der Waals surface area contributed by atoms with E-state index in [4.69, 9.17) is 18.9 Å². The highest BCUT2D eigenvalue weighted by Crippen LogP contribution is 2.35. The minimum absolute atomic E-state index is 0.273. The SMILES string of the molecule is CC(C)(c1ccc(OCc2ccccc2)cc1)c1ccc(OC(=O)Oc2ccc(C(C)(C)c3ccc(OCc4ccccc4)cc3)cc2)cc1. The summed E-state index contributed by atoms with van der Waals surface area (Å²) in [4.78, 5) is 12.7. The number of hydrogen-bond donors (Lipinski definition) is 0. The van der Waals surface area contributed by atoms with Crippen LogP contribution in [0.5, 0.6) is 23.0 Å². The summed E-state index contributed by atoms with van der Waals surface area (Å²) in [6, 6.07) is 51.7. The van der Waals surface area contributed by atoms with Crippen molar-refractivity contribution < 1.29 is 23.7 Å². The van der Waals surface area contributed by atoms with Crippen LogP contribution >= 0.6 is 0 Å². The van der Waals surface area contributed by atoms with Crippen LogP contribution in [0.4, 0.5) is 4.79 Å². The largest absolute Gasteiger partial charge is 0.519 e. The first kappa shape index (κ1) is 34.1. The van der Waals surface area contributed by atoms with Crippen molar-refractivity contribution in [3.8, 4) is 23.0 Å². The molecule has 0 spiro atoms. The van der Waals surface area contributed by atoms with Gasteiger partial charge in [0, 0.05) is 10.8 Å².